The number of fused-ring (bicyclic) bond motifs is 5. The molecule has 0 spiro atoms. The molecule has 6 nitrogen and oxygen atoms in total. The molecule has 1 aromatic heterocycles. The molecule has 0 bridgehead atoms. The van der Waals surface area contributed by atoms with Gasteiger partial charge >= 0.3 is 0 Å². The highest BCUT2D eigenvalue weighted by atomic mass is 16.2. The van der Waals surface area contributed by atoms with Crippen molar-refractivity contribution in [2.75, 3.05) is 9.80 Å². The van der Waals surface area contributed by atoms with E-state index in [2.05, 4.69) is 22.1 Å². The Morgan fingerprint density at radius 3 is 2.52 bits per heavy atom. The van der Waals surface area contributed by atoms with Crippen LogP contribution in [0.1, 0.15) is 35.2 Å². The first-order valence-electron chi connectivity index (χ1n) is 10.2. The predicted molar refractivity (Wildman–Crippen MR) is 112 cm³/mol. The normalized spacial score (nSPS) is 22.3. The van der Waals surface area contributed by atoms with E-state index < -0.39 is 0 Å². The molecule has 0 radical (unpaired) electrons. The molecule has 144 valence electrons. The van der Waals surface area contributed by atoms with Crippen molar-refractivity contribution in [2.24, 2.45) is 4.99 Å². The molecule has 1 amide bonds. The van der Waals surface area contributed by atoms with Crippen LogP contribution < -0.4 is 9.80 Å². The molecule has 0 N–H and O–H groups in total. The van der Waals surface area contributed by atoms with Crippen molar-refractivity contribution in [1.29, 1.82) is 0 Å². The Balaban J connectivity index is 1.50. The van der Waals surface area contributed by atoms with E-state index in [0.717, 1.165) is 35.9 Å². The number of guanidine groups is 1. The number of para-hydroxylation sites is 1. The zero-order chi connectivity index (χ0) is 19.4. The van der Waals surface area contributed by atoms with Gasteiger partial charge in [0.15, 0.2) is 0 Å². The standard InChI is InChI=1S/C23H21N5O/c29-22-18-14-24-26(15-16-8-3-1-4-9-16)21(18)28-20-13-7-12-19(20)25-23(28)27(22)17-10-5-2-6-11-17/h1-6,8-11,14,19-20H,7,12-13,15H2/t19-,20+/m1/s1. The van der Waals surface area contributed by atoms with E-state index in [1.807, 2.05) is 53.2 Å². The van der Waals surface area contributed by atoms with Crippen LogP contribution in [0.15, 0.2) is 71.9 Å². The molecular formula is C23H21N5O. The van der Waals surface area contributed by atoms with Crippen molar-refractivity contribution in [3.63, 3.8) is 0 Å². The van der Waals surface area contributed by atoms with Crippen LogP contribution >= 0.6 is 0 Å². The van der Waals surface area contributed by atoms with Gasteiger partial charge in [-0.2, -0.15) is 5.10 Å². The number of rotatable bonds is 3. The summed E-state index contributed by atoms with van der Waals surface area (Å²) in [5.41, 5.74) is 2.66. The molecule has 2 aliphatic heterocycles. The highest BCUT2D eigenvalue weighted by Gasteiger charge is 2.49. The SMILES string of the molecule is O=C1c2cnn(Cc3ccccc3)c2N2C(=N[C@@H]3CCC[C@@H]32)N1c1ccccc1. The van der Waals surface area contributed by atoms with E-state index in [1.54, 1.807) is 11.1 Å². The van der Waals surface area contributed by atoms with Gasteiger partial charge in [-0.1, -0.05) is 48.5 Å². The molecule has 2 atom stereocenters. The number of hydrogen-bond donors (Lipinski definition) is 0. The topological polar surface area (TPSA) is 53.7 Å². The Bertz CT molecular complexity index is 1100. The van der Waals surface area contributed by atoms with E-state index in [1.165, 1.54) is 6.42 Å². The van der Waals surface area contributed by atoms with Gasteiger partial charge in [-0.3, -0.25) is 9.69 Å². The lowest BCUT2D eigenvalue weighted by atomic mass is 10.1. The zero-order valence-electron chi connectivity index (χ0n) is 16.0. The van der Waals surface area contributed by atoms with Crippen molar-refractivity contribution in [2.45, 2.75) is 37.9 Å². The molecule has 0 saturated heterocycles. The summed E-state index contributed by atoms with van der Waals surface area (Å²) < 4.78 is 1.96. The second-order valence-corrected chi connectivity index (χ2v) is 7.87. The van der Waals surface area contributed by atoms with Crippen LogP contribution in [0.4, 0.5) is 11.5 Å². The fourth-order valence-electron chi connectivity index (χ4n) is 4.83. The van der Waals surface area contributed by atoms with Gasteiger partial charge in [0, 0.05) is 0 Å². The monoisotopic (exact) mass is 383 g/mol. The third-order valence-electron chi connectivity index (χ3n) is 6.14. The van der Waals surface area contributed by atoms with E-state index in [0.29, 0.717) is 18.2 Å². The van der Waals surface area contributed by atoms with Crippen molar-refractivity contribution in [3.8, 4) is 0 Å². The summed E-state index contributed by atoms with van der Waals surface area (Å²) in [4.78, 5) is 22.6. The Kier molecular flexibility index (Phi) is 3.59. The zero-order valence-corrected chi connectivity index (χ0v) is 16.0. The number of aliphatic imine (C=N–C) groups is 1. The summed E-state index contributed by atoms with van der Waals surface area (Å²) in [5, 5.41) is 4.62. The maximum Gasteiger partial charge on any atom is 0.270 e. The van der Waals surface area contributed by atoms with Crippen molar-refractivity contribution in [1.82, 2.24) is 9.78 Å². The van der Waals surface area contributed by atoms with Crippen molar-refractivity contribution in [3.05, 3.63) is 78.0 Å². The number of anilines is 2. The number of carbonyl (C=O) groups is 1. The summed E-state index contributed by atoms with van der Waals surface area (Å²) in [6, 6.07) is 20.6. The molecule has 2 aromatic carbocycles. The fraction of sp³-hybridized carbons (Fsp3) is 0.261. The van der Waals surface area contributed by atoms with Gasteiger partial charge in [0.05, 0.1) is 30.5 Å². The quantitative estimate of drug-likeness (QED) is 0.693. The molecule has 6 heteroatoms. The van der Waals surface area contributed by atoms with Crippen LogP contribution in [-0.4, -0.2) is 33.7 Å². The molecule has 1 fully saturated rings. The van der Waals surface area contributed by atoms with E-state index >= 15 is 0 Å². The largest absolute Gasteiger partial charge is 0.290 e. The first-order valence-corrected chi connectivity index (χ1v) is 10.2. The predicted octanol–water partition coefficient (Wildman–Crippen LogP) is 3.69. The van der Waals surface area contributed by atoms with Crippen LogP contribution in [0.2, 0.25) is 0 Å². The molecule has 3 aromatic rings. The highest BCUT2D eigenvalue weighted by molar-refractivity contribution is 6.31. The maximum absolute atomic E-state index is 13.5. The molecule has 6 rings (SSSR count). The van der Waals surface area contributed by atoms with Crippen LogP contribution in [0.5, 0.6) is 0 Å². The number of benzene rings is 2. The summed E-state index contributed by atoms with van der Waals surface area (Å²) in [6.45, 7) is 0.635. The molecule has 3 aliphatic rings. The molecule has 3 heterocycles. The first kappa shape index (κ1) is 16.5. The highest BCUT2D eigenvalue weighted by Crippen LogP contribution is 2.42. The Morgan fingerprint density at radius 2 is 1.72 bits per heavy atom. The Labute approximate surface area is 169 Å². The summed E-state index contributed by atoms with van der Waals surface area (Å²) in [7, 11) is 0. The van der Waals surface area contributed by atoms with Crippen LogP contribution in [0, 0.1) is 0 Å². The average molecular weight is 383 g/mol. The summed E-state index contributed by atoms with van der Waals surface area (Å²) >= 11 is 0. The lowest BCUT2D eigenvalue weighted by Gasteiger charge is -2.37. The van der Waals surface area contributed by atoms with E-state index in [9.17, 15) is 4.79 Å². The average Bonchev–Trinajstić information content (AvgIpc) is 3.45. The van der Waals surface area contributed by atoms with Gasteiger partial charge in [0.2, 0.25) is 5.96 Å². The van der Waals surface area contributed by atoms with Gasteiger partial charge < -0.3 is 0 Å². The van der Waals surface area contributed by atoms with E-state index in [4.69, 9.17) is 4.99 Å². The van der Waals surface area contributed by atoms with Gasteiger partial charge in [0.1, 0.15) is 11.4 Å². The second kappa shape index (κ2) is 6.30. The molecule has 0 unspecified atom stereocenters. The lowest BCUT2D eigenvalue weighted by molar-refractivity contribution is 0.1000. The Morgan fingerprint density at radius 1 is 0.966 bits per heavy atom. The minimum Gasteiger partial charge on any atom is -0.290 e. The van der Waals surface area contributed by atoms with E-state index in [-0.39, 0.29) is 11.9 Å². The number of nitrogens with zero attached hydrogens (tertiary/aromatic N) is 5. The molecule has 29 heavy (non-hydrogen) atoms. The van der Waals surface area contributed by atoms with Crippen LogP contribution in [0.25, 0.3) is 0 Å². The summed E-state index contributed by atoms with van der Waals surface area (Å²) in [5.74, 6) is 1.58. The Hall–Kier alpha value is -3.41. The molecule has 1 aliphatic carbocycles. The van der Waals surface area contributed by atoms with Crippen molar-refractivity contribution >= 4 is 23.4 Å². The first-order chi connectivity index (χ1) is 14.3. The minimum absolute atomic E-state index is 0.0551. The van der Waals surface area contributed by atoms with Gasteiger partial charge in [-0.05, 0) is 37.0 Å². The third-order valence-corrected chi connectivity index (χ3v) is 6.14. The smallest absolute Gasteiger partial charge is 0.270 e. The third kappa shape index (κ3) is 2.45. The maximum atomic E-state index is 13.5. The number of carbonyl (C=O) groups excluding carboxylic acids is 1. The van der Waals surface area contributed by atoms with Crippen LogP contribution in [-0.2, 0) is 6.54 Å². The minimum atomic E-state index is -0.0551. The molecule has 1 saturated carbocycles. The molecular weight excluding hydrogens is 362 g/mol. The van der Waals surface area contributed by atoms with Gasteiger partial charge in [-0.15, -0.1) is 0 Å². The second-order valence-electron chi connectivity index (χ2n) is 7.87. The number of amides is 1. The van der Waals surface area contributed by atoms with Crippen LogP contribution in [0.3, 0.4) is 0 Å². The fourth-order valence-corrected chi connectivity index (χ4v) is 4.83. The van der Waals surface area contributed by atoms with Gasteiger partial charge in [0.25, 0.3) is 5.91 Å². The van der Waals surface area contributed by atoms with Gasteiger partial charge in [-0.25, -0.2) is 14.6 Å². The van der Waals surface area contributed by atoms with Crippen molar-refractivity contribution < 1.29 is 4.79 Å². The number of hydrogen-bond acceptors (Lipinski definition) is 4. The lowest BCUT2D eigenvalue weighted by Crippen LogP contribution is -2.53. The summed E-state index contributed by atoms with van der Waals surface area (Å²) in [6.07, 6.45) is 5.05. The number of aromatic nitrogens is 2.